The van der Waals surface area contributed by atoms with Crippen molar-refractivity contribution < 1.29 is 9.34 Å². The van der Waals surface area contributed by atoms with Gasteiger partial charge < -0.3 is 9.73 Å². The van der Waals surface area contributed by atoms with Gasteiger partial charge in [0.15, 0.2) is 5.76 Å². The fraction of sp³-hybridized carbons (Fsp3) is 0.308. The molecule has 1 aromatic carbocycles. The summed E-state index contributed by atoms with van der Waals surface area (Å²) in [7, 11) is 0. The van der Waals surface area contributed by atoms with Gasteiger partial charge in [0.05, 0.1) is 17.7 Å². The van der Waals surface area contributed by atoms with E-state index in [9.17, 15) is 10.1 Å². The van der Waals surface area contributed by atoms with Crippen molar-refractivity contribution in [1.29, 1.82) is 0 Å². The van der Waals surface area contributed by atoms with E-state index in [1.165, 1.54) is 12.1 Å². The third-order valence-corrected chi connectivity index (χ3v) is 3.09. The number of nitrogens with zero attached hydrogens (tertiary/aromatic N) is 2. The second-order valence-electron chi connectivity index (χ2n) is 4.25. The van der Waals surface area contributed by atoms with E-state index in [2.05, 4.69) is 33.2 Å². The van der Waals surface area contributed by atoms with E-state index in [0.717, 1.165) is 13.0 Å². The molecule has 1 N–H and O–H groups in total. The number of nitro groups is 1. The van der Waals surface area contributed by atoms with Crippen molar-refractivity contribution in [1.82, 2.24) is 10.3 Å². The van der Waals surface area contributed by atoms with E-state index in [-0.39, 0.29) is 5.69 Å². The van der Waals surface area contributed by atoms with Crippen LogP contribution in [0.2, 0.25) is 0 Å². The molecule has 6 nitrogen and oxygen atoms in total. The summed E-state index contributed by atoms with van der Waals surface area (Å²) in [5.74, 6) is 1.08. The lowest BCUT2D eigenvalue weighted by Crippen LogP contribution is -2.13. The van der Waals surface area contributed by atoms with E-state index < -0.39 is 4.92 Å². The summed E-state index contributed by atoms with van der Waals surface area (Å²) in [5, 5.41) is 14.0. The molecule has 0 aliphatic carbocycles. The number of benzene rings is 1. The molecule has 7 heteroatoms. The van der Waals surface area contributed by atoms with Gasteiger partial charge in [0.1, 0.15) is 0 Å². The van der Waals surface area contributed by atoms with Crippen molar-refractivity contribution >= 4 is 21.6 Å². The molecule has 0 radical (unpaired) electrons. The lowest BCUT2D eigenvalue weighted by atomic mass is 10.1. The van der Waals surface area contributed by atoms with E-state index in [1.807, 2.05) is 0 Å². The first kappa shape index (κ1) is 14.7. The van der Waals surface area contributed by atoms with Crippen molar-refractivity contribution in [2.75, 3.05) is 6.54 Å². The summed E-state index contributed by atoms with van der Waals surface area (Å²) in [6.45, 7) is 3.51. The molecule has 2 aromatic rings. The molecular formula is C13H14BrN3O3. The summed E-state index contributed by atoms with van der Waals surface area (Å²) in [6, 6.07) is 4.68. The summed E-state index contributed by atoms with van der Waals surface area (Å²) in [5.41, 5.74) is 0.636. The highest BCUT2D eigenvalue weighted by Gasteiger charge is 2.13. The summed E-state index contributed by atoms with van der Waals surface area (Å²) in [4.78, 5) is 14.6. The van der Waals surface area contributed by atoms with Gasteiger partial charge in [-0.15, -0.1) is 0 Å². The Kier molecular flexibility index (Phi) is 4.86. The predicted octanol–water partition coefficient (Wildman–Crippen LogP) is 3.51. The highest BCUT2D eigenvalue weighted by molar-refractivity contribution is 9.10. The van der Waals surface area contributed by atoms with Gasteiger partial charge in [-0.25, -0.2) is 4.98 Å². The molecule has 1 heterocycles. The Morgan fingerprint density at radius 1 is 1.45 bits per heavy atom. The third-order valence-electron chi connectivity index (χ3n) is 2.63. The standard InChI is InChI=1S/C13H14BrN3O3/c1-2-3-15-8-13-16-7-12(20-13)9-4-10(14)6-11(5-9)17(18)19/h4-7,15H,2-3,8H2,1H3. The first-order valence-electron chi connectivity index (χ1n) is 6.21. The molecule has 0 aliphatic heterocycles. The molecule has 0 unspecified atom stereocenters. The van der Waals surface area contributed by atoms with Crippen molar-refractivity contribution in [3.63, 3.8) is 0 Å². The van der Waals surface area contributed by atoms with Gasteiger partial charge in [-0.1, -0.05) is 22.9 Å². The number of non-ortho nitro benzene ring substituents is 1. The fourth-order valence-electron chi connectivity index (χ4n) is 1.72. The molecule has 0 saturated heterocycles. The zero-order valence-corrected chi connectivity index (χ0v) is 12.5. The van der Waals surface area contributed by atoms with Gasteiger partial charge >= 0.3 is 0 Å². The number of oxazole rings is 1. The number of halogens is 1. The van der Waals surface area contributed by atoms with Crippen LogP contribution in [0.4, 0.5) is 5.69 Å². The molecule has 0 bridgehead atoms. The quantitative estimate of drug-likeness (QED) is 0.494. The molecule has 20 heavy (non-hydrogen) atoms. The summed E-state index contributed by atoms with van der Waals surface area (Å²) in [6.07, 6.45) is 2.61. The maximum atomic E-state index is 10.8. The zero-order chi connectivity index (χ0) is 14.5. The van der Waals surface area contributed by atoms with Crippen LogP contribution in [0.1, 0.15) is 19.2 Å². The molecule has 0 saturated carbocycles. The van der Waals surface area contributed by atoms with E-state index >= 15 is 0 Å². The maximum Gasteiger partial charge on any atom is 0.271 e. The van der Waals surface area contributed by atoms with Gasteiger partial charge in [0.25, 0.3) is 5.69 Å². The number of nitro benzene ring substituents is 1. The monoisotopic (exact) mass is 339 g/mol. The molecule has 0 atom stereocenters. The number of aromatic nitrogens is 1. The Bertz CT molecular complexity index is 613. The van der Waals surface area contributed by atoms with E-state index in [4.69, 9.17) is 4.42 Å². The lowest BCUT2D eigenvalue weighted by molar-refractivity contribution is -0.384. The number of hydrogen-bond donors (Lipinski definition) is 1. The van der Waals surface area contributed by atoms with Crippen LogP contribution in [0.3, 0.4) is 0 Å². The highest BCUT2D eigenvalue weighted by atomic mass is 79.9. The smallest absolute Gasteiger partial charge is 0.271 e. The van der Waals surface area contributed by atoms with Gasteiger partial charge in [-0.2, -0.15) is 0 Å². The Labute approximate surface area is 124 Å². The van der Waals surface area contributed by atoms with Crippen LogP contribution in [-0.4, -0.2) is 16.5 Å². The molecule has 0 aliphatic rings. The molecule has 0 amide bonds. The zero-order valence-electron chi connectivity index (χ0n) is 10.9. The van der Waals surface area contributed by atoms with Gasteiger partial charge in [0, 0.05) is 22.2 Å². The van der Waals surface area contributed by atoms with E-state index in [0.29, 0.717) is 28.2 Å². The predicted molar refractivity (Wildman–Crippen MR) is 78.3 cm³/mol. The van der Waals surface area contributed by atoms with Crippen molar-refractivity contribution in [3.05, 3.63) is 44.9 Å². The minimum Gasteiger partial charge on any atom is -0.439 e. The van der Waals surface area contributed by atoms with Crippen LogP contribution >= 0.6 is 15.9 Å². The Hall–Kier alpha value is -1.73. The van der Waals surface area contributed by atoms with Crippen LogP contribution in [0.25, 0.3) is 11.3 Å². The number of rotatable bonds is 6. The van der Waals surface area contributed by atoms with Crippen molar-refractivity contribution in [2.24, 2.45) is 0 Å². The second kappa shape index (κ2) is 6.62. The topological polar surface area (TPSA) is 81.2 Å². The lowest BCUT2D eigenvalue weighted by Gasteiger charge is -2.00. The van der Waals surface area contributed by atoms with Crippen LogP contribution in [0.15, 0.2) is 33.3 Å². The minimum atomic E-state index is -0.436. The Balaban J connectivity index is 2.21. The van der Waals surface area contributed by atoms with E-state index in [1.54, 1.807) is 12.3 Å². The Morgan fingerprint density at radius 2 is 2.25 bits per heavy atom. The molecule has 0 fully saturated rings. The molecule has 1 aromatic heterocycles. The van der Waals surface area contributed by atoms with Gasteiger partial charge in [0.2, 0.25) is 5.89 Å². The minimum absolute atomic E-state index is 0.0106. The van der Waals surface area contributed by atoms with Crippen LogP contribution in [0.5, 0.6) is 0 Å². The number of hydrogen-bond acceptors (Lipinski definition) is 5. The van der Waals surface area contributed by atoms with Gasteiger partial charge in [-0.05, 0) is 19.0 Å². The van der Waals surface area contributed by atoms with Crippen molar-refractivity contribution in [2.45, 2.75) is 19.9 Å². The molecular weight excluding hydrogens is 326 g/mol. The maximum absolute atomic E-state index is 10.8. The van der Waals surface area contributed by atoms with Crippen LogP contribution in [0, 0.1) is 10.1 Å². The number of nitrogens with one attached hydrogen (secondary N) is 1. The van der Waals surface area contributed by atoms with Crippen molar-refractivity contribution in [3.8, 4) is 11.3 Å². The summed E-state index contributed by atoms with van der Waals surface area (Å²) < 4.78 is 6.22. The fourth-order valence-corrected chi connectivity index (χ4v) is 2.20. The average molecular weight is 340 g/mol. The normalized spacial score (nSPS) is 10.7. The molecule has 0 spiro atoms. The SMILES string of the molecule is CCCNCc1ncc(-c2cc(Br)cc([N+](=O)[O-])c2)o1. The first-order valence-corrected chi connectivity index (χ1v) is 7.00. The van der Waals surface area contributed by atoms with Crippen LogP contribution < -0.4 is 5.32 Å². The third kappa shape index (κ3) is 3.64. The second-order valence-corrected chi connectivity index (χ2v) is 5.17. The highest BCUT2D eigenvalue weighted by Crippen LogP contribution is 2.29. The largest absolute Gasteiger partial charge is 0.439 e. The summed E-state index contributed by atoms with van der Waals surface area (Å²) >= 11 is 3.26. The Morgan fingerprint density at radius 3 is 2.95 bits per heavy atom. The molecule has 2 rings (SSSR count). The first-order chi connectivity index (χ1) is 9.60. The molecule has 106 valence electrons. The average Bonchev–Trinajstić information content (AvgIpc) is 2.87. The van der Waals surface area contributed by atoms with Crippen LogP contribution in [-0.2, 0) is 6.54 Å². The van der Waals surface area contributed by atoms with Gasteiger partial charge in [-0.3, -0.25) is 10.1 Å².